The Hall–Kier alpha value is -2.99. The van der Waals surface area contributed by atoms with Crippen molar-refractivity contribution in [3.05, 3.63) is 72.8 Å². The Morgan fingerprint density at radius 1 is 0.647 bits per heavy atom. The van der Waals surface area contributed by atoms with E-state index in [2.05, 4.69) is 100 Å². The summed E-state index contributed by atoms with van der Waals surface area (Å²) in [6, 6.07) is 25.9. The molecular formula is C29H24BNO2S. The van der Waals surface area contributed by atoms with Gasteiger partial charge in [0.1, 0.15) is 0 Å². The lowest BCUT2D eigenvalue weighted by atomic mass is 9.78. The summed E-state index contributed by atoms with van der Waals surface area (Å²) < 4.78 is 15.7. The minimum absolute atomic E-state index is 0.436. The highest BCUT2D eigenvalue weighted by Gasteiger charge is 2.53. The monoisotopic (exact) mass is 461 g/mol. The van der Waals surface area contributed by atoms with Crippen molar-refractivity contribution in [3.8, 4) is 0 Å². The number of para-hydroxylation sites is 1. The van der Waals surface area contributed by atoms with E-state index in [1.807, 2.05) is 11.3 Å². The zero-order chi connectivity index (χ0) is 23.2. The molecule has 0 bridgehead atoms. The van der Waals surface area contributed by atoms with Gasteiger partial charge in [-0.2, -0.15) is 0 Å². The first-order valence-corrected chi connectivity index (χ1v) is 12.6. The number of aromatic nitrogens is 1. The van der Waals surface area contributed by atoms with Crippen LogP contribution in [0.5, 0.6) is 0 Å². The Balaban J connectivity index is 1.74. The number of nitrogens with zero attached hydrogens (tertiary/aromatic N) is 1. The highest BCUT2D eigenvalue weighted by molar-refractivity contribution is 7.27. The average molecular weight is 461 g/mol. The van der Waals surface area contributed by atoms with Gasteiger partial charge >= 0.3 is 7.12 Å². The van der Waals surface area contributed by atoms with Crippen LogP contribution in [0.1, 0.15) is 27.7 Å². The molecule has 5 heteroatoms. The molecule has 0 unspecified atom stereocenters. The van der Waals surface area contributed by atoms with Crippen molar-refractivity contribution in [1.29, 1.82) is 0 Å². The van der Waals surface area contributed by atoms with Gasteiger partial charge in [-0.3, -0.25) is 4.98 Å². The summed E-state index contributed by atoms with van der Waals surface area (Å²) in [7, 11) is -0.535. The van der Waals surface area contributed by atoms with Gasteiger partial charge in [-0.1, -0.05) is 60.7 Å². The maximum atomic E-state index is 6.55. The number of rotatable bonds is 1. The number of hydrogen-bond acceptors (Lipinski definition) is 4. The van der Waals surface area contributed by atoms with Crippen molar-refractivity contribution in [3.63, 3.8) is 0 Å². The molecule has 0 N–H and O–H groups in total. The maximum absolute atomic E-state index is 6.55. The Labute approximate surface area is 202 Å². The van der Waals surface area contributed by atoms with Crippen LogP contribution >= 0.6 is 11.3 Å². The fourth-order valence-corrected chi connectivity index (χ4v) is 6.56. The number of hydrogen-bond donors (Lipinski definition) is 0. The van der Waals surface area contributed by atoms with Gasteiger partial charge < -0.3 is 9.31 Å². The van der Waals surface area contributed by atoms with Gasteiger partial charge in [0.25, 0.3) is 0 Å². The van der Waals surface area contributed by atoms with Gasteiger partial charge in [-0.05, 0) is 50.6 Å². The first kappa shape index (κ1) is 20.4. The van der Waals surface area contributed by atoms with E-state index in [-0.39, 0.29) is 0 Å². The molecule has 1 fully saturated rings. The van der Waals surface area contributed by atoms with E-state index in [0.29, 0.717) is 0 Å². The van der Waals surface area contributed by atoms with Gasteiger partial charge in [-0.25, -0.2) is 0 Å². The van der Waals surface area contributed by atoms with Crippen molar-refractivity contribution < 1.29 is 9.31 Å². The van der Waals surface area contributed by atoms with Gasteiger partial charge in [0, 0.05) is 36.3 Å². The van der Waals surface area contributed by atoms with Crippen molar-refractivity contribution in [2.75, 3.05) is 0 Å². The first-order valence-electron chi connectivity index (χ1n) is 11.8. The second kappa shape index (κ2) is 6.79. The van der Waals surface area contributed by atoms with E-state index in [0.717, 1.165) is 16.5 Å². The first-order chi connectivity index (χ1) is 16.4. The Morgan fingerprint density at radius 2 is 1.21 bits per heavy atom. The van der Waals surface area contributed by atoms with Crippen LogP contribution in [-0.4, -0.2) is 23.3 Å². The smallest absolute Gasteiger partial charge is 0.398 e. The lowest BCUT2D eigenvalue weighted by molar-refractivity contribution is 0.00578. The van der Waals surface area contributed by atoms with Gasteiger partial charge in [-0.15, -0.1) is 11.3 Å². The molecule has 1 aliphatic heterocycles. The predicted molar refractivity (Wildman–Crippen MR) is 145 cm³/mol. The van der Waals surface area contributed by atoms with Crippen LogP contribution < -0.4 is 5.59 Å². The third-order valence-corrected chi connectivity index (χ3v) is 8.87. The molecule has 0 radical (unpaired) electrons. The maximum Gasteiger partial charge on any atom is 0.515 e. The molecule has 0 spiro atoms. The van der Waals surface area contributed by atoms with Gasteiger partial charge in [0.05, 0.1) is 22.3 Å². The molecule has 7 rings (SSSR count). The molecule has 0 aliphatic carbocycles. The molecule has 166 valence electrons. The average Bonchev–Trinajstić information content (AvgIpc) is 3.32. The fraction of sp³-hybridized carbons (Fsp3) is 0.207. The fourth-order valence-electron chi connectivity index (χ4n) is 5.27. The molecule has 0 atom stereocenters. The second-order valence-electron chi connectivity index (χ2n) is 10.2. The zero-order valence-corrected chi connectivity index (χ0v) is 20.5. The number of fused-ring (bicyclic) bond motifs is 10. The van der Waals surface area contributed by atoms with Crippen LogP contribution in [0.15, 0.2) is 72.8 Å². The van der Waals surface area contributed by atoms with Crippen LogP contribution in [-0.2, 0) is 9.31 Å². The molecular weight excluding hydrogens is 437 g/mol. The predicted octanol–water partition coefficient (Wildman–Crippen LogP) is 7.21. The zero-order valence-electron chi connectivity index (χ0n) is 19.7. The third-order valence-electron chi connectivity index (χ3n) is 7.69. The Bertz CT molecular complexity index is 1770. The molecule has 34 heavy (non-hydrogen) atoms. The quantitative estimate of drug-likeness (QED) is 0.192. The van der Waals surface area contributed by atoms with Crippen molar-refractivity contribution in [2.45, 2.75) is 38.9 Å². The van der Waals surface area contributed by atoms with E-state index < -0.39 is 18.3 Å². The summed E-state index contributed by atoms with van der Waals surface area (Å²) in [5.41, 5.74) is 0.959. The molecule has 4 aromatic carbocycles. The topological polar surface area (TPSA) is 31.4 Å². The highest BCUT2D eigenvalue weighted by Crippen LogP contribution is 2.46. The minimum Gasteiger partial charge on any atom is -0.398 e. The molecule has 3 heterocycles. The second-order valence-corrected chi connectivity index (χ2v) is 11.3. The molecule has 1 saturated heterocycles. The Morgan fingerprint density at radius 3 is 1.91 bits per heavy atom. The van der Waals surface area contributed by atoms with Crippen LogP contribution in [0.25, 0.3) is 52.6 Å². The summed E-state index contributed by atoms with van der Waals surface area (Å²) in [6.07, 6.45) is 0. The summed E-state index contributed by atoms with van der Waals surface area (Å²) >= 11 is 1.86. The van der Waals surface area contributed by atoms with Gasteiger partial charge in [0.2, 0.25) is 0 Å². The van der Waals surface area contributed by atoms with Crippen LogP contribution in [0.3, 0.4) is 0 Å². The summed E-state index contributed by atoms with van der Waals surface area (Å²) in [4.78, 5) is 5.18. The van der Waals surface area contributed by atoms with E-state index in [1.165, 1.54) is 41.7 Å². The third kappa shape index (κ3) is 2.63. The number of benzene rings is 4. The van der Waals surface area contributed by atoms with Crippen LogP contribution in [0.2, 0.25) is 0 Å². The van der Waals surface area contributed by atoms with E-state index >= 15 is 0 Å². The van der Waals surface area contributed by atoms with Crippen molar-refractivity contribution >= 4 is 76.7 Å². The van der Waals surface area contributed by atoms with E-state index in [4.69, 9.17) is 14.3 Å². The molecule has 0 amide bonds. The van der Waals surface area contributed by atoms with Crippen LogP contribution in [0, 0.1) is 0 Å². The lowest BCUT2D eigenvalue weighted by Gasteiger charge is -2.32. The van der Waals surface area contributed by atoms with Crippen molar-refractivity contribution in [2.24, 2.45) is 0 Å². The molecule has 1 aliphatic rings. The Kier molecular flexibility index (Phi) is 4.07. The standard InChI is InChI=1S/C29H24BNO2S/c1-28(2)29(3,4)33-30(32-28)27-25-18-12-6-5-11-17(18)23-20-14-8-10-16-22(20)34-26(23)24(25)19-13-7-9-15-21(19)31-27/h5-16H,1-4H3. The van der Waals surface area contributed by atoms with E-state index in [9.17, 15) is 0 Å². The highest BCUT2D eigenvalue weighted by atomic mass is 32.1. The summed E-state index contributed by atoms with van der Waals surface area (Å²) in [6.45, 7) is 8.38. The summed E-state index contributed by atoms with van der Waals surface area (Å²) in [5, 5.41) is 8.60. The molecule has 2 aromatic heterocycles. The molecule has 0 saturated carbocycles. The SMILES string of the molecule is CC1(C)OB(c2nc3ccccc3c3c4sc5ccccc5c4c4ccccc4c23)OC1(C)C. The molecule has 3 nitrogen and oxygen atoms in total. The lowest BCUT2D eigenvalue weighted by Crippen LogP contribution is -2.41. The van der Waals surface area contributed by atoms with Gasteiger partial charge in [0.15, 0.2) is 0 Å². The summed E-state index contributed by atoms with van der Waals surface area (Å²) in [5.74, 6) is 0. The normalized spacial score (nSPS) is 17.6. The largest absolute Gasteiger partial charge is 0.515 e. The molecule has 6 aromatic rings. The van der Waals surface area contributed by atoms with E-state index in [1.54, 1.807) is 0 Å². The van der Waals surface area contributed by atoms with Crippen molar-refractivity contribution in [1.82, 2.24) is 4.98 Å². The van der Waals surface area contributed by atoms with Crippen LogP contribution in [0.4, 0.5) is 0 Å². The minimum atomic E-state index is -0.535. The number of pyridine rings is 1. The number of thiophene rings is 1.